The zero-order valence-corrected chi connectivity index (χ0v) is 11.5. The fourth-order valence-corrected chi connectivity index (χ4v) is 2.61. The van der Waals surface area contributed by atoms with E-state index in [2.05, 4.69) is 14.5 Å². The smallest absolute Gasteiger partial charge is 0.150 e. The first-order valence-electron chi connectivity index (χ1n) is 7.07. The molecule has 2 aromatic rings. The van der Waals surface area contributed by atoms with Gasteiger partial charge in [-0.25, -0.2) is 4.98 Å². The molecule has 0 aliphatic carbocycles. The number of imidazole rings is 1. The summed E-state index contributed by atoms with van der Waals surface area (Å²) in [5.74, 6) is 0. The molecule has 5 nitrogen and oxygen atoms in total. The van der Waals surface area contributed by atoms with Gasteiger partial charge in [-0.1, -0.05) is 0 Å². The van der Waals surface area contributed by atoms with Crippen LogP contribution in [-0.4, -0.2) is 53.6 Å². The van der Waals surface area contributed by atoms with E-state index in [1.54, 1.807) is 6.07 Å². The molecule has 106 valence electrons. The van der Waals surface area contributed by atoms with Crippen LogP contribution in [-0.2, 0) is 11.3 Å². The monoisotopic (exact) mass is 273 g/mol. The second kappa shape index (κ2) is 6.15. The maximum Gasteiger partial charge on any atom is 0.150 e. The van der Waals surface area contributed by atoms with Gasteiger partial charge in [0.1, 0.15) is 6.29 Å². The molecule has 0 radical (unpaired) electrons. The summed E-state index contributed by atoms with van der Waals surface area (Å²) in [5.41, 5.74) is 2.69. The van der Waals surface area contributed by atoms with Crippen molar-refractivity contribution < 1.29 is 9.53 Å². The second-order valence-electron chi connectivity index (χ2n) is 5.11. The average molecular weight is 273 g/mol. The molecule has 0 N–H and O–H groups in total. The Bertz CT molecular complexity index is 588. The lowest BCUT2D eigenvalue weighted by Crippen LogP contribution is -2.37. The number of hydrogen-bond donors (Lipinski definition) is 0. The first-order valence-corrected chi connectivity index (χ1v) is 7.07. The lowest BCUT2D eigenvalue weighted by molar-refractivity contribution is 0.0369. The SMILES string of the molecule is O=Cc1ccc2ncn(CCCN3CCOCC3)c2c1. The number of ether oxygens (including phenoxy) is 1. The highest BCUT2D eigenvalue weighted by atomic mass is 16.5. The maximum atomic E-state index is 10.9. The van der Waals surface area contributed by atoms with Crippen molar-refractivity contribution in [3.63, 3.8) is 0 Å². The predicted octanol–water partition coefficient (Wildman–Crippen LogP) is 1.57. The number of benzene rings is 1. The van der Waals surface area contributed by atoms with Crippen molar-refractivity contribution in [2.75, 3.05) is 32.8 Å². The van der Waals surface area contributed by atoms with Gasteiger partial charge in [-0.15, -0.1) is 0 Å². The number of aryl methyl sites for hydroxylation is 1. The highest BCUT2D eigenvalue weighted by Crippen LogP contribution is 2.14. The molecule has 5 heteroatoms. The summed E-state index contributed by atoms with van der Waals surface area (Å²) in [6.45, 7) is 5.75. The molecule has 0 spiro atoms. The van der Waals surface area contributed by atoms with Gasteiger partial charge in [-0.05, 0) is 24.6 Å². The zero-order valence-electron chi connectivity index (χ0n) is 11.5. The Hall–Kier alpha value is -1.72. The van der Waals surface area contributed by atoms with Gasteiger partial charge in [-0.3, -0.25) is 9.69 Å². The minimum atomic E-state index is 0.701. The number of fused-ring (bicyclic) bond motifs is 1. The van der Waals surface area contributed by atoms with Crippen molar-refractivity contribution in [3.8, 4) is 0 Å². The van der Waals surface area contributed by atoms with Crippen LogP contribution in [0.5, 0.6) is 0 Å². The largest absolute Gasteiger partial charge is 0.379 e. The molecule has 1 aromatic heterocycles. The summed E-state index contributed by atoms with van der Waals surface area (Å²) >= 11 is 0. The molecular weight excluding hydrogens is 254 g/mol. The van der Waals surface area contributed by atoms with Crippen molar-refractivity contribution >= 4 is 17.3 Å². The molecule has 0 amide bonds. The van der Waals surface area contributed by atoms with E-state index in [4.69, 9.17) is 4.74 Å². The van der Waals surface area contributed by atoms with Crippen LogP contribution in [0.15, 0.2) is 24.5 Å². The van der Waals surface area contributed by atoms with Gasteiger partial charge >= 0.3 is 0 Å². The zero-order chi connectivity index (χ0) is 13.8. The second-order valence-corrected chi connectivity index (χ2v) is 5.11. The molecule has 0 bridgehead atoms. The van der Waals surface area contributed by atoms with Crippen LogP contribution < -0.4 is 0 Å². The number of hydrogen-bond acceptors (Lipinski definition) is 4. The Morgan fingerprint density at radius 3 is 2.90 bits per heavy atom. The van der Waals surface area contributed by atoms with Crippen LogP contribution in [0, 0.1) is 0 Å². The Morgan fingerprint density at radius 1 is 1.25 bits per heavy atom. The molecule has 1 fully saturated rings. The third-order valence-electron chi connectivity index (χ3n) is 3.76. The Kier molecular flexibility index (Phi) is 4.08. The van der Waals surface area contributed by atoms with Gasteiger partial charge in [0.15, 0.2) is 0 Å². The van der Waals surface area contributed by atoms with Gasteiger partial charge in [-0.2, -0.15) is 0 Å². The number of rotatable bonds is 5. The summed E-state index contributed by atoms with van der Waals surface area (Å²) in [6.07, 6.45) is 3.82. The summed E-state index contributed by atoms with van der Waals surface area (Å²) in [6, 6.07) is 5.61. The number of aldehydes is 1. The van der Waals surface area contributed by atoms with Gasteiger partial charge in [0.2, 0.25) is 0 Å². The van der Waals surface area contributed by atoms with Gasteiger partial charge in [0.05, 0.1) is 30.6 Å². The van der Waals surface area contributed by atoms with E-state index in [0.717, 1.165) is 63.1 Å². The lowest BCUT2D eigenvalue weighted by atomic mass is 10.2. The number of nitrogens with zero attached hydrogens (tertiary/aromatic N) is 3. The molecule has 1 aliphatic heterocycles. The molecule has 0 saturated carbocycles. The van der Waals surface area contributed by atoms with E-state index in [-0.39, 0.29) is 0 Å². The molecule has 3 rings (SSSR count). The Morgan fingerprint density at radius 2 is 2.10 bits per heavy atom. The number of morpholine rings is 1. The van der Waals surface area contributed by atoms with E-state index >= 15 is 0 Å². The number of carbonyl (C=O) groups excluding carboxylic acids is 1. The maximum absolute atomic E-state index is 10.9. The molecular formula is C15H19N3O2. The predicted molar refractivity (Wildman–Crippen MR) is 77.0 cm³/mol. The lowest BCUT2D eigenvalue weighted by Gasteiger charge is -2.26. The van der Waals surface area contributed by atoms with Crippen molar-refractivity contribution in [2.24, 2.45) is 0 Å². The summed E-state index contributed by atoms with van der Waals surface area (Å²) < 4.78 is 7.47. The normalized spacial score (nSPS) is 16.6. The van der Waals surface area contributed by atoms with Crippen molar-refractivity contribution in [1.82, 2.24) is 14.5 Å². The van der Waals surface area contributed by atoms with Crippen LogP contribution in [0.25, 0.3) is 11.0 Å². The minimum absolute atomic E-state index is 0.701. The highest BCUT2D eigenvalue weighted by Gasteiger charge is 2.10. The van der Waals surface area contributed by atoms with E-state index in [0.29, 0.717) is 5.56 Å². The van der Waals surface area contributed by atoms with Crippen LogP contribution in [0.1, 0.15) is 16.8 Å². The Balaban J connectivity index is 1.63. The van der Waals surface area contributed by atoms with E-state index < -0.39 is 0 Å². The van der Waals surface area contributed by atoms with Crippen LogP contribution >= 0.6 is 0 Å². The van der Waals surface area contributed by atoms with Gasteiger partial charge in [0.25, 0.3) is 0 Å². The molecule has 0 unspecified atom stereocenters. The molecule has 1 aromatic carbocycles. The van der Waals surface area contributed by atoms with Gasteiger partial charge < -0.3 is 9.30 Å². The van der Waals surface area contributed by atoms with E-state index in [9.17, 15) is 4.79 Å². The number of aromatic nitrogens is 2. The molecule has 2 heterocycles. The first kappa shape index (κ1) is 13.3. The quantitative estimate of drug-likeness (QED) is 0.776. The first-order chi connectivity index (χ1) is 9.86. The summed E-state index contributed by atoms with van der Waals surface area (Å²) in [5, 5.41) is 0. The summed E-state index contributed by atoms with van der Waals surface area (Å²) in [4.78, 5) is 17.7. The van der Waals surface area contributed by atoms with E-state index in [1.165, 1.54) is 0 Å². The molecule has 0 atom stereocenters. The molecule has 20 heavy (non-hydrogen) atoms. The topological polar surface area (TPSA) is 47.4 Å². The Labute approximate surface area is 118 Å². The number of carbonyl (C=O) groups is 1. The highest BCUT2D eigenvalue weighted by molar-refractivity contribution is 5.84. The fraction of sp³-hybridized carbons (Fsp3) is 0.467. The van der Waals surface area contributed by atoms with Crippen molar-refractivity contribution in [2.45, 2.75) is 13.0 Å². The fourth-order valence-electron chi connectivity index (χ4n) is 2.61. The third kappa shape index (κ3) is 2.89. The van der Waals surface area contributed by atoms with Crippen molar-refractivity contribution in [3.05, 3.63) is 30.1 Å². The standard InChI is InChI=1S/C15H19N3O2/c19-11-13-2-3-14-15(10-13)18(12-16-14)5-1-4-17-6-8-20-9-7-17/h2-3,10-12H,1,4-9H2. The third-order valence-corrected chi connectivity index (χ3v) is 3.76. The van der Waals surface area contributed by atoms with Crippen LogP contribution in [0.2, 0.25) is 0 Å². The summed E-state index contributed by atoms with van der Waals surface area (Å²) in [7, 11) is 0. The van der Waals surface area contributed by atoms with Crippen molar-refractivity contribution in [1.29, 1.82) is 0 Å². The molecule has 1 aliphatic rings. The van der Waals surface area contributed by atoms with Crippen LogP contribution in [0.3, 0.4) is 0 Å². The molecule has 1 saturated heterocycles. The van der Waals surface area contributed by atoms with Crippen LogP contribution in [0.4, 0.5) is 0 Å². The average Bonchev–Trinajstić information content (AvgIpc) is 2.91. The minimum Gasteiger partial charge on any atom is -0.379 e. The van der Waals surface area contributed by atoms with Gasteiger partial charge in [0, 0.05) is 31.7 Å². The van der Waals surface area contributed by atoms with E-state index in [1.807, 2.05) is 18.5 Å².